The number of hydrogen-bond acceptors (Lipinski definition) is 6. The van der Waals surface area contributed by atoms with Gasteiger partial charge in [-0.15, -0.1) is 22.7 Å². The Hall–Kier alpha value is -0.920. The summed E-state index contributed by atoms with van der Waals surface area (Å²) in [6.07, 6.45) is -0.00707. The maximum absolute atomic E-state index is 10.5. The van der Waals surface area contributed by atoms with Gasteiger partial charge < -0.3 is 5.11 Å². The zero-order chi connectivity index (χ0) is 12.3. The number of carboxylic acid groups (broad SMARTS) is 1. The third kappa shape index (κ3) is 3.79. The van der Waals surface area contributed by atoms with E-state index >= 15 is 0 Å². The molecule has 1 N–H and O–H groups in total. The molecule has 0 fully saturated rings. The highest BCUT2D eigenvalue weighted by Gasteiger charge is 2.07. The third-order valence-electron chi connectivity index (χ3n) is 1.87. The number of aryl methyl sites for hydroxylation is 1. The lowest BCUT2D eigenvalue weighted by molar-refractivity contribution is -0.136. The Bertz CT molecular complexity index is 521. The van der Waals surface area contributed by atoms with Crippen LogP contribution in [0.15, 0.2) is 15.1 Å². The van der Waals surface area contributed by atoms with Gasteiger partial charge in [0, 0.05) is 16.5 Å². The molecule has 0 saturated carbocycles. The van der Waals surface area contributed by atoms with E-state index in [2.05, 4.69) is 9.97 Å². The monoisotopic (exact) mass is 286 g/mol. The molecule has 0 aliphatic carbocycles. The molecule has 0 atom stereocenters. The summed E-state index contributed by atoms with van der Waals surface area (Å²) in [5, 5.41) is 13.5. The van der Waals surface area contributed by atoms with Gasteiger partial charge in [-0.05, 0) is 6.92 Å². The van der Waals surface area contributed by atoms with Crippen LogP contribution >= 0.6 is 34.4 Å². The van der Waals surface area contributed by atoms with Crippen LogP contribution in [0, 0.1) is 6.92 Å². The van der Waals surface area contributed by atoms with Crippen molar-refractivity contribution in [2.24, 2.45) is 0 Å². The Morgan fingerprint density at radius 1 is 1.35 bits per heavy atom. The van der Waals surface area contributed by atoms with Crippen LogP contribution in [-0.2, 0) is 17.0 Å². The number of thioether (sulfide) groups is 1. The van der Waals surface area contributed by atoms with Crippen molar-refractivity contribution in [1.82, 2.24) is 9.97 Å². The van der Waals surface area contributed by atoms with Crippen molar-refractivity contribution in [3.05, 3.63) is 27.2 Å². The highest BCUT2D eigenvalue weighted by atomic mass is 32.2. The molecule has 2 heterocycles. The summed E-state index contributed by atoms with van der Waals surface area (Å²) in [7, 11) is 0. The molecule has 0 unspecified atom stereocenters. The molecule has 4 nitrogen and oxygen atoms in total. The summed E-state index contributed by atoms with van der Waals surface area (Å²) in [6, 6.07) is 0. The molecular formula is C10H10N2O2S3. The first-order chi connectivity index (χ1) is 8.13. The van der Waals surface area contributed by atoms with Gasteiger partial charge in [-0.2, -0.15) is 0 Å². The summed E-state index contributed by atoms with van der Waals surface area (Å²) >= 11 is 4.71. The molecule has 2 aromatic heterocycles. The van der Waals surface area contributed by atoms with E-state index in [1.807, 2.05) is 12.3 Å². The number of thiazole rings is 2. The normalized spacial score (nSPS) is 10.6. The zero-order valence-corrected chi connectivity index (χ0v) is 11.5. The van der Waals surface area contributed by atoms with Crippen molar-refractivity contribution in [3.63, 3.8) is 0 Å². The lowest BCUT2D eigenvalue weighted by Crippen LogP contribution is -1.99. The van der Waals surface area contributed by atoms with E-state index in [4.69, 9.17) is 5.11 Å². The number of aliphatic carboxylic acids is 1. The molecule has 0 radical (unpaired) electrons. The summed E-state index contributed by atoms with van der Waals surface area (Å²) in [4.78, 5) is 19.1. The SMILES string of the molecule is Cc1nc(CSc2nc(CC(=O)O)cs2)cs1. The fraction of sp³-hybridized carbons (Fsp3) is 0.300. The van der Waals surface area contributed by atoms with Gasteiger partial charge in [0.25, 0.3) is 0 Å². The second-order valence-electron chi connectivity index (χ2n) is 3.32. The molecule has 0 amide bonds. The second-order valence-corrected chi connectivity index (χ2v) is 6.46. The average Bonchev–Trinajstić information content (AvgIpc) is 2.84. The smallest absolute Gasteiger partial charge is 0.309 e. The number of rotatable bonds is 5. The van der Waals surface area contributed by atoms with Crippen molar-refractivity contribution in [1.29, 1.82) is 0 Å². The molecule has 2 aromatic rings. The van der Waals surface area contributed by atoms with Crippen molar-refractivity contribution < 1.29 is 9.90 Å². The van der Waals surface area contributed by atoms with Crippen LogP contribution in [-0.4, -0.2) is 21.0 Å². The molecule has 17 heavy (non-hydrogen) atoms. The Morgan fingerprint density at radius 2 is 2.12 bits per heavy atom. The first-order valence-corrected chi connectivity index (χ1v) is 7.58. The highest BCUT2D eigenvalue weighted by Crippen LogP contribution is 2.26. The van der Waals surface area contributed by atoms with Gasteiger partial charge >= 0.3 is 5.97 Å². The quantitative estimate of drug-likeness (QED) is 0.856. The maximum Gasteiger partial charge on any atom is 0.309 e. The molecule has 0 spiro atoms. The lowest BCUT2D eigenvalue weighted by Gasteiger charge is -1.93. The fourth-order valence-corrected chi connectivity index (χ4v) is 3.66. The summed E-state index contributed by atoms with van der Waals surface area (Å²) in [5.41, 5.74) is 1.67. The maximum atomic E-state index is 10.5. The summed E-state index contributed by atoms with van der Waals surface area (Å²) in [5.74, 6) is -0.0633. The van der Waals surface area contributed by atoms with Crippen molar-refractivity contribution in [2.75, 3.05) is 0 Å². The minimum absolute atomic E-state index is 0.00707. The van der Waals surface area contributed by atoms with Crippen LogP contribution < -0.4 is 0 Å². The predicted molar refractivity (Wildman–Crippen MR) is 69.9 cm³/mol. The van der Waals surface area contributed by atoms with E-state index in [9.17, 15) is 4.79 Å². The standard InChI is InChI=1S/C10H10N2O2S3/c1-6-11-8(4-15-6)5-17-10-12-7(3-16-10)2-9(13)14/h3-4H,2,5H2,1H3,(H,13,14). The first-order valence-electron chi connectivity index (χ1n) is 4.83. The Kier molecular flexibility index (Phi) is 4.14. The Balaban J connectivity index is 1.91. The first kappa shape index (κ1) is 12.5. The number of carbonyl (C=O) groups is 1. The Morgan fingerprint density at radius 3 is 2.76 bits per heavy atom. The van der Waals surface area contributed by atoms with Crippen molar-refractivity contribution >= 4 is 40.4 Å². The topological polar surface area (TPSA) is 63.1 Å². The lowest BCUT2D eigenvalue weighted by atomic mass is 10.3. The van der Waals surface area contributed by atoms with Crippen LogP contribution in [0.3, 0.4) is 0 Å². The van der Waals surface area contributed by atoms with Crippen molar-refractivity contribution in [3.8, 4) is 0 Å². The van der Waals surface area contributed by atoms with Gasteiger partial charge in [-0.1, -0.05) is 11.8 Å². The van der Waals surface area contributed by atoms with E-state index in [0.29, 0.717) is 5.69 Å². The van der Waals surface area contributed by atoms with Crippen LogP contribution in [0.2, 0.25) is 0 Å². The third-order valence-corrected chi connectivity index (χ3v) is 4.80. The zero-order valence-electron chi connectivity index (χ0n) is 9.04. The largest absolute Gasteiger partial charge is 0.481 e. The molecule has 2 rings (SSSR count). The second kappa shape index (κ2) is 5.61. The van der Waals surface area contributed by atoms with Crippen LogP contribution in [0.1, 0.15) is 16.4 Å². The predicted octanol–water partition coefficient (Wildman–Crippen LogP) is 2.83. The van der Waals surface area contributed by atoms with Crippen molar-refractivity contribution in [2.45, 2.75) is 23.4 Å². The van der Waals surface area contributed by atoms with E-state index in [0.717, 1.165) is 20.8 Å². The molecule has 0 aromatic carbocycles. The van der Waals surface area contributed by atoms with Crippen LogP contribution in [0.5, 0.6) is 0 Å². The van der Waals surface area contributed by atoms with E-state index in [1.165, 1.54) is 11.3 Å². The van der Waals surface area contributed by atoms with Gasteiger partial charge in [0.2, 0.25) is 0 Å². The fourth-order valence-electron chi connectivity index (χ4n) is 1.20. The van der Waals surface area contributed by atoms with E-state index in [1.54, 1.807) is 28.5 Å². The van der Waals surface area contributed by atoms with E-state index < -0.39 is 5.97 Å². The molecule has 90 valence electrons. The Labute approximate surface area is 111 Å². The molecule has 0 saturated heterocycles. The van der Waals surface area contributed by atoms with Gasteiger partial charge in [0.15, 0.2) is 4.34 Å². The minimum atomic E-state index is -0.845. The minimum Gasteiger partial charge on any atom is -0.481 e. The molecular weight excluding hydrogens is 276 g/mol. The van der Waals surface area contributed by atoms with E-state index in [-0.39, 0.29) is 6.42 Å². The van der Waals surface area contributed by atoms with Crippen LogP contribution in [0.25, 0.3) is 0 Å². The van der Waals surface area contributed by atoms with Gasteiger partial charge in [0.05, 0.1) is 22.8 Å². The van der Waals surface area contributed by atoms with Gasteiger partial charge in [-0.25, -0.2) is 9.97 Å². The molecule has 0 bridgehead atoms. The number of aromatic nitrogens is 2. The number of hydrogen-bond donors (Lipinski definition) is 1. The summed E-state index contributed by atoms with van der Waals surface area (Å²) < 4.78 is 0.895. The number of nitrogens with zero attached hydrogens (tertiary/aromatic N) is 2. The summed E-state index contributed by atoms with van der Waals surface area (Å²) in [6.45, 7) is 1.98. The molecule has 0 aliphatic rings. The molecule has 0 aliphatic heterocycles. The van der Waals surface area contributed by atoms with Gasteiger partial charge in [-0.3, -0.25) is 4.79 Å². The van der Waals surface area contributed by atoms with Gasteiger partial charge in [0.1, 0.15) is 0 Å². The van der Waals surface area contributed by atoms with Crippen LogP contribution in [0.4, 0.5) is 0 Å². The average molecular weight is 286 g/mol. The molecule has 7 heteroatoms. The number of carboxylic acids is 1. The highest BCUT2D eigenvalue weighted by molar-refractivity contribution is 8.00.